The van der Waals surface area contributed by atoms with Crippen molar-refractivity contribution in [2.75, 3.05) is 31.5 Å². The predicted molar refractivity (Wildman–Crippen MR) is 206 cm³/mol. The monoisotopic (exact) mass is 740 g/mol. The first-order valence-electron chi connectivity index (χ1n) is 18.8. The number of hydrogen-bond donors (Lipinski definition) is 4. The summed E-state index contributed by atoms with van der Waals surface area (Å²) in [6.07, 6.45) is 9.45. The summed E-state index contributed by atoms with van der Waals surface area (Å²) in [5, 5.41) is 43.9. The summed E-state index contributed by atoms with van der Waals surface area (Å²) in [6, 6.07) is 16.3. The summed E-state index contributed by atoms with van der Waals surface area (Å²) in [4.78, 5) is 35.3. The van der Waals surface area contributed by atoms with E-state index in [0.29, 0.717) is 85.0 Å². The summed E-state index contributed by atoms with van der Waals surface area (Å²) in [5.41, 5.74) is 6.29. The van der Waals surface area contributed by atoms with Crippen LogP contribution in [0, 0.1) is 30.1 Å². The van der Waals surface area contributed by atoms with Gasteiger partial charge in [0.15, 0.2) is 17.2 Å². The Balaban J connectivity index is 1.21. The van der Waals surface area contributed by atoms with Crippen molar-refractivity contribution in [3.05, 3.63) is 106 Å². The maximum absolute atomic E-state index is 11.5. The molecule has 0 saturated carbocycles. The number of oxazole rings is 1. The van der Waals surface area contributed by atoms with Crippen LogP contribution in [-0.2, 0) is 30.0 Å². The quantitative estimate of drug-likeness (QED) is 0.145. The number of carboxylic acid groups (broad SMARTS) is 1. The maximum atomic E-state index is 11.5. The van der Waals surface area contributed by atoms with E-state index >= 15 is 0 Å². The third kappa shape index (κ3) is 7.10. The molecule has 5 aromatic rings. The topological polar surface area (TPSA) is 185 Å². The van der Waals surface area contributed by atoms with E-state index in [0.717, 1.165) is 40.8 Å². The molecule has 3 aliphatic rings. The Hall–Kier alpha value is -5.52. The van der Waals surface area contributed by atoms with Crippen LogP contribution in [0.1, 0.15) is 65.7 Å². The molecule has 8 rings (SSSR count). The molecule has 1 aliphatic carbocycles. The van der Waals surface area contributed by atoms with Crippen molar-refractivity contribution < 1.29 is 24.5 Å². The number of fused-ring (bicyclic) bond motifs is 2. The average Bonchev–Trinajstić information content (AvgIpc) is 3.81. The largest absolute Gasteiger partial charge is 0.481 e. The Kier molecular flexibility index (Phi) is 9.91. The number of pyridine rings is 1. The number of aliphatic carboxylic acids is 1. The standard InChI is InChI=1S/C42H44N8O5/c1-25-6-3-4-7-32(25)33-8-5-12-42(26(33)2,48-39-37-34(45-36(24-51)47-39)18-28(20-44-37)22-50-15-11-31(52)23-50)41-46-35-17-27(16-30(19-43)38(35)55-41)21-49-13-9-29(10-14-49)40(53)54/h3-8,12,16-18,20,26,29,31,51-52H,9-11,13-15,21-24H2,1-2H3,(H,53,54)(H,45,47,48). The van der Waals surface area contributed by atoms with E-state index in [1.165, 1.54) is 0 Å². The maximum Gasteiger partial charge on any atom is 0.306 e. The number of hydrogen-bond acceptors (Lipinski definition) is 12. The van der Waals surface area contributed by atoms with Crippen LogP contribution in [0.15, 0.2) is 71.3 Å². The van der Waals surface area contributed by atoms with Crippen molar-refractivity contribution in [3.63, 3.8) is 0 Å². The number of aromatic nitrogens is 4. The summed E-state index contributed by atoms with van der Waals surface area (Å²) in [5.74, 6) is -0.406. The van der Waals surface area contributed by atoms with Crippen LogP contribution < -0.4 is 5.32 Å². The first kappa shape index (κ1) is 36.5. The smallest absolute Gasteiger partial charge is 0.306 e. The highest BCUT2D eigenvalue weighted by Gasteiger charge is 2.45. The highest BCUT2D eigenvalue weighted by Crippen LogP contribution is 2.46. The normalized spacial score (nSPS) is 22.3. The molecule has 13 heteroatoms. The minimum atomic E-state index is -1.13. The number of carbonyl (C=O) groups is 1. The second kappa shape index (κ2) is 15.0. The van der Waals surface area contributed by atoms with Gasteiger partial charge in [0, 0.05) is 38.3 Å². The molecule has 0 radical (unpaired) electrons. The van der Waals surface area contributed by atoms with Gasteiger partial charge in [-0.25, -0.2) is 15.0 Å². The van der Waals surface area contributed by atoms with Gasteiger partial charge in [-0.15, -0.1) is 0 Å². The van der Waals surface area contributed by atoms with Crippen LogP contribution in [0.5, 0.6) is 0 Å². The predicted octanol–water partition coefficient (Wildman–Crippen LogP) is 5.30. The van der Waals surface area contributed by atoms with Crippen LogP contribution in [0.25, 0.3) is 27.7 Å². The van der Waals surface area contributed by atoms with E-state index in [4.69, 9.17) is 19.4 Å². The molecule has 13 nitrogen and oxygen atoms in total. The fraction of sp³-hybridized carbons (Fsp3) is 0.381. The number of nitriles is 1. The number of anilines is 1. The van der Waals surface area contributed by atoms with E-state index in [9.17, 15) is 25.4 Å². The molecule has 55 heavy (non-hydrogen) atoms. The fourth-order valence-electron chi connectivity index (χ4n) is 8.32. The van der Waals surface area contributed by atoms with Crippen molar-refractivity contribution in [1.82, 2.24) is 29.7 Å². The van der Waals surface area contributed by atoms with Gasteiger partial charge >= 0.3 is 5.97 Å². The van der Waals surface area contributed by atoms with Gasteiger partial charge in [0.1, 0.15) is 29.2 Å². The fourth-order valence-corrected chi connectivity index (χ4v) is 8.32. The van der Waals surface area contributed by atoms with Gasteiger partial charge in [0.25, 0.3) is 0 Å². The molecule has 0 amide bonds. The number of nitrogens with one attached hydrogen (secondary N) is 1. The van der Waals surface area contributed by atoms with Crippen molar-refractivity contribution in [2.24, 2.45) is 11.8 Å². The molecule has 3 unspecified atom stereocenters. The van der Waals surface area contributed by atoms with E-state index in [2.05, 4.69) is 58.2 Å². The lowest BCUT2D eigenvalue weighted by atomic mass is 9.73. The molecule has 0 bridgehead atoms. The second-order valence-corrected chi connectivity index (χ2v) is 15.1. The number of carboxylic acids is 1. The van der Waals surface area contributed by atoms with Gasteiger partial charge in [-0.2, -0.15) is 5.26 Å². The zero-order valence-corrected chi connectivity index (χ0v) is 30.9. The molecular weight excluding hydrogens is 697 g/mol. The van der Waals surface area contributed by atoms with E-state index in [1.54, 1.807) is 6.20 Å². The van der Waals surface area contributed by atoms with Crippen molar-refractivity contribution in [1.29, 1.82) is 5.26 Å². The van der Waals surface area contributed by atoms with Crippen molar-refractivity contribution >= 4 is 39.5 Å². The Morgan fingerprint density at radius 3 is 2.53 bits per heavy atom. The Morgan fingerprint density at radius 1 is 1.04 bits per heavy atom. The molecule has 2 aliphatic heterocycles. The lowest BCUT2D eigenvalue weighted by Crippen LogP contribution is -2.42. The highest BCUT2D eigenvalue weighted by atomic mass is 16.4. The van der Waals surface area contributed by atoms with Crippen LogP contribution in [-0.4, -0.2) is 83.3 Å². The summed E-state index contributed by atoms with van der Waals surface area (Å²) in [6.45, 7) is 7.68. The summed E-state index contributed by atoms with van der Waals surface area (Å²) >= 11 is 0. The minimum absolute atomic E-state index is 0.226. The van der Waals surface area contributed by atoms with Gasteiger partial charge in [0.05, 0.1) is 23.1 Å². The van der Waals surface area contributed by atoms with Crippen LogP contribution in [0.3, 0.4) is 0 Å². The molecule has 4 N–H and O–H groups in total. The van der Waals surface area contributed by atoms with Gasteiger partial charge in [0.2, 0.25) is 5.89 Å². The zero-order chi connectivity index (χ0) is 38.3. The second-order valence-electron chi connectivity index (χ2n) is 15.1. The number of β-amino-alcohol motifs (C(OH)–C–C–N with tert-alkyl or cyclic N) is 1. The molecule has 282 valence electrons. The molecule has 2 saturated heterocycles. The summed E-state index contributed by atoms with van der Waals surface area (Å²) < 4.78 is 6.65. The van der Waals surface area contributed by atoms with Crippen LogP contribution in [0.2, 0.25) is 0 Å². The van der Waals surface area contributed by atoms with Crippen molar-refractivity contribution in [2.45, 2.75) is 64.4 Å². The minimum Gasteiger partial charge on any atom is -0.481 e. The molecular formula is C42H44N8O5. The van der Waals surface area contributed by atoms with Gasteiger partial charge < -0.3 is 25.1 Å². The van der Waals surface area contributed by atoms with E-state index in [-0.39, 0.29) is 30.4 Å². The molecule has 2 aromatic carbocycles. The lowest BCUT2D eigenvalue weighted by molar-refractivity contribution is -0.143. The Bertz CT molecular complexity index is 2380. The Morgan fingerprint density at radius 2 is 1.80 bits per heavy atom. The van der Waals surface area contributed by atoms with Crippen LogP contribution >= 0.6 is 0 Å². The molecule has 3 atom stereocenters. The first-order chi connectivity index (χ1) is 26.6. The number of aliphatic hydroxyl groups is 2. The van der Waals surface area contributed by atoms with Crippen molar-refractivity contribution in [3.8, 4) is 6.07 Å². The zero-order valence-electron chi connectivity index (χ0n) is 30.9. The molecule has 3 aromatic heterocycles. The number of rotatable bonds is 10. The van der Waals surface area contributed by atoms with E-state index < -0.39 is 11.5 Å². The number of likely N-dealkylation sites (tertiary alicyclic amines) is 2. The summed E-state index contributed by atoms with van der Waals surface area (Å²) in [7, 11) is 0. The van der Waals surface area contributed by atoms with Crippen LogP contribution in [0.4, 0.5) is 5.82 Å². The Labute approximate surface area is 318 Å². The highest BCUT2D eigenvalue weighted by molar-refractivity contribution is 5.87. The number of aliphatic hydroxyl groups excluding tert-OH is 2. The number of piperidine rings is 1. The average molecular weight is 741 g/mol. The van der Waals surface area contributed by atoms with E-state index in [1.807, 2.05) is 42.5 Å². The molecule has 2 fully saturated rings. The number of benzene rings is 2. The van der Waals surface area contributed by atoms with Gasteiger partial charge in [-0.05, 0) is 91.4 Å². The number of aryl methyl sites for hydroxylation is 1. The first-order valence-corrected chi connectivity index (χ1v) is 18.8. The third-order valence-electron chi connectivity index (χ3n) is 11.4. The third-order valence-corrected chi connectivity index (χ3v) is 11.4. The number of allylic oxidation sites excluding steroid dienone is 2. The van der Waals surface area contributed by atoms with Gasteiger partial charge in [-0.1, -0.05) is 43.3 Å². The number of nitrogens with zero attached hydrogens (tertiary/aromatic N) is 7. The molecule has 5 heterocycles. The molecule has 0 spiro atoms. The van der Waals surface area contributed by atoms with Gasteiger partial charge in [-0.3, -0.25) is 19.6 Å². The lowest BCUT2D eigenvalue weighted by Gasteiger charge is -2.39. The SMILES string of the molecule is Cc1ccccc1C1=CC=CC(Nc2nc(CO)nc3cc(CN4CCC(O)C4)cnc23)(c2nc3cc(CN4CCC(C(=O)O)CC4)cc(C#N)c3o2)C1C.